The van der Waals surface area contributed by atoms with Crippen molar-refractivity contribution in [3.8, 4) is 28.2 Å². The van der Waals surface area contributed by atoms with Crippen LogP contribution in [0.2, 0.25) is 0 Å². The number of hydrogen-bond acceptors (Lipinski definition) is 5. The zero-order valence-electron chi connectivity index (χ0n) is 20.6. The van der Waals surface area contributed by atoms with Gasteiger partial charge in [-0.25, -0.2) is 5.43 Å². The molecule has 4 aromatic carbocycles. The second-order valence-corrected chi connectivity index (χ2v) is 10.3. The molecule has 1 heterocycles. The van der Waals surface area contributed by atoms with E-state index in [4.69, 9.17) is 0 Å². The predicted molar refractivity (Wildman–Crippen MR) is 157 cm³/mol. The van der Waals surface area contributed by atoms with Crippen molar-refractivity contribution in [3.63, 3.8) is 0 Å². The summed E-state index contributed by atoms with van der Waals surface area (Å²) in [5.74, 6) is 0.637. The fraction of sp³-hybridized carbons (Fsp3) is 0.0667. The van der Waals surface area contributed by atoms with Crippen LogP contribution in [-0.2, 0) is 4.79 Å². The number of thioether (sulfide) groups is 1. The van der Waals surface area contributed by atoms with Crippen molar-refractivity contribution in [1.82, 2.24) is 20.2 Å². The summed E-state index contributed by atoms with van der Waals surface area (Å²) in [6, 6.07) is 36.1. The summed E-state index contributed by atoms with van der Waals surface area (Å²) in [6.07, 6.45) is 0. The molecule has 1 N–H and O–H groups in total. The van der Waals surface area contributed by atoms with Crippen molar-refractivity contribution < 1.29 is 4.79 Å². The Labute approximate surface area is 234 Å². The Bertz CT molecular complexity index is 1550. The average Bonchev–Trinajstić information content (AvgIpc) is 3.40. The van der Waals surface area contributed by atoms with Crippen LogP contribution >= 0.6 is 27.7 Å². The number of hydrazone groups is 1. The molecule has 0 saturated carbocycles. The highest BCUT2D eigenvalue weighted by Gasteiger charge is 2.17. The third-order valence-electron chi connectivity index (χ3n) is 5.84. The Morgan fingerprint density at radius 2 is 1.42 bits per heavy atom. The van der Waals surface area contributed by atoms with Crippen LogP contribution in [0.5, 0.6) is 0 Å². The van der Waals surface area contributed by atoms with Gasteiger partial charge < -0.3 is 0 Å². The molecule has 0 radical (unpaired) electrons. The van der Waals surface area contributed by atoms with Gasteiger partial charge in [-0.05, 0) is 47.9 Å². The summed E-state index contributed by atoms with van der Waals surface area (Å²) in [6.45, 7) is 1.88. The summed E-state index contributed by atoms with van der Waals surface area (Å²) in [4.78, 5) is 12.7. The van der Waals surface area contributed by atoms with Crippen molar-refractivity contribution in [2.24, 2.45) is 5.10 Å². The number of nitrogens with zero attached hydrogens (tertiary/aromatic N) is 4. The Balaban J connectivity index is 1.27. The maximum absolute atomic E-state index is 12.7. The van der Waals surface area contributed by atoms with E-state index in [0.29, 0.717) is 11.0 Å². The zero-order valence-corrected chi connectivity index (χ0v) is 23.0. The summed E-state index contributed by atoms with van der Waals surface area (Å²) < 4.78 is 2.94. The van der Waals surface area contributed by atoms with E-state index in [2.05, 4.69) is 60.9 Å². The number of aromatic nitrogens is 3. The molecule has 0 atom stereocenters. The number of carbonyl (C=O) groups excluding carboxylic acids is 1. The van der Waals surface area contributed by atoms with E-state index in [1.54, 1.807) is 0 Å². The number of hydrogen-bond donors (Lipinski definition) is 1. The van der Waals surface area contributed by atoms with Crippen LogP contribution in [0.15, 0.2) is 124 Å². The maximum Gasteiger partial charge on any atom is 0.250 e. The molecule has 0 fully saturated rings. The van der Waals surface area contributed by atoms with Gasteiger partial charge in [0.15, 0.2) is 11.0 Å². The van der Waals surface area contributed by atoms with Gasteiger partial charge in [0, 0.05) is 15.7 Å². The first-order valence-corrected chi connectivity index (χ1v) is 13.7. The van der Waals surface area contributed by atoms with Gasteiger partial charge in [-0.3, -0.25) is 9.36 Å². The Hall–Kier alpha value is -4.01. The highest BCUT2D eigenvalue weighted by molar-refractivity contribution is 9.10. The van der Waals surface area contributed by atoms with Gasteiger partial charge in [0.2, 0.25) is 0 Å². The molecule has 1 amide bonds. The van der Waals surface area contributed by atoms with Crippen LogP contribution in [0.3, 0.4) is 0 Å². The number of halogens is 1. The van der Waals surface area contributed by atoms with Crippen molar-refractivity contribution in [1.29, 1.82) is 0 Å². The van der Waals surface area contributed by atoms with E-state index in [-0.39, 0.29) is 11.7 Å². The number of nitrogens with one attached hydrogen (secondary N) is 1. The lowest BCUT2D eigenvalue weighted by Gasteiger charge is -2.10. The third-order valence-corrected chi connectivity index (χ3v) is 7.30. The van der Waals surface area contributed by atoms with Gasteiger partial charge in [-0.1, -0.05) is 113 Å². The topological polar surface area (TPSA) is 72.2 Å². The predicted octanol–water partition coefficient (Wildman–Crippen LogP) is 7.00. The van der Waals surface area contributed by atoms with Gasteiger partial charge in [-0.15, -0.1) is 10.2 Å². The molecule has 0 aliphatic carbocycles. The van der Waals surface area contributed by atoms with Crippen LogP contribution in [0.4, 0.5) is 0 Å². The van der Waals surface area contributed by atoms with E-state index < -0.39 is 0 Å². The fourth-order valence-corrected chi connectivity index (χ4v) is 4.88. The van der Waals surface area contributed by atoms with Gasteiger partial charge in [0.25, 0.3) is 5.91 Å². The summed E-state index contributed by atoms with van der Waals surface area (Å²) in [5, 5.41) is 13.7. The van der Waals surface area contributed by atoms with Crippen LogP contribution in [-0.4, -0.2) is 32.1 Å². The highest BCUT2D eigenvalue weighted by atomic mass is 79.9. The minimum absolute atomic E-state index is 0.146. The van der Waals surface area contributed by atoms with Gasteiger partial charge in [-0.2, -0.15) is 5.10 Å². The third kappa shape index (κ3) is 6.10. The number of rotatable bonds is 8. The lowest BCUT2D eigenvalue weighted by Crippen LogP contribution is -2.21. The van der Waals surface area contributed by atoms with Gasteiger partial charge in [0.05, 0.1) is 11.5 Å². The molecule has 0 saturated heterocycles. The van der Waals surface area contributed by atoms with Crippen LogP contribution in [0.25, 0.3) is 28.2 Å². The number of amides is 1. The maximum atomic E-state index is 12.7. The van der Waals surface area contributed by atoms with E-state index in [0.717, 1.165) is 38.1 Å². The monoisotopic (exact) mass is 581 g/mol. The molecule has 0 spiro atoms. The lowest BCUT2D eigenvalue weighted by molar-refractivity contribution is -0.118. The van der Waals surface area contributed by atoms with Crippen molar-refractivity contribution in [2.75, 3.05) is 5.75 Å². The number of benzene rings is 4. The average molecular weight is 583 g/mol. The van der Waals surface area contributed by atoms with Crippen LogP contribution in [0.1, 0.15) is 12.5 Å². The molecule has 0 bridgehead atoms. The van der Waals surface area contributed by atoms with E-state index in [9.17, 15) is 4.79 Å². The molecule has 0 unspecified atom stereocenters. The molecule has 38 heavy (non-hydrogen) atoms. The van der Waals surface area contributed by atoms with Crippen molar-refractivity contribution in [3.05, 3.63) is 119 Å². The largest absolute Gasteiger partial charge is 0.272 e. The minimum Gasteiger partial charge on any atom is -0.272 e. The second-order valence-electron chi connectivity index (χ2n) is 8.45. The van der Waals surface area contributed by atoms with Crippen LogP contribution in [0, 0.1) is 0 Å². The normalized spacial score (nSPS) is 11.4. The minimum atomic E-state index is -0.220. The molecule has 5 rings (SSSR count). The summed E-state index contributed by atoms with van der Waals surface area (Å²) in [5.41, 5.74) is 8.48. The van der Waals surface area contributed by atoms with E-state index >= 15 is 0 Å². The lowest BCUT2D eigenvalue weighted by atomic mass is 10.0. The summed E-state index contributed by atoms with van der Waals surface area (Å²) >= 11 is 4.80. The molecule has 5 aromatic rings. The smallest absolute Gasteiger partial charge is 0.250 e. The fourth-order valence-electron chi connectivity index (χ4n) is 3.87. The molecule has 0 aliphatic rings. The van der Waals surface area contributed by atoms with Crippen molar-refractivity contribution in [2.45, 2.75) is 12.1 Å². The quantitative estimate of drug-likeness (QED) is 0.122. The van der Waals surface area contributed by atoms with Crippen LogP contribution < -0.4 is 5.43 Å². The first kappa shape index (κ1) is 25.6. The first-order valence-electron chi connectivity index (χ1n) is 12.0. The molecule has 188 valence electrons. The van der Waals surface area contributed by atoms with Gasteiger partial charge >= 0.3 is 0 Å². The SMILES string of the molecule is CC(=NNC(=O)CSc1nnc(-c2ccccc2)n1-c1ccc(Br)cc1)c1ccc(-c2ccccc2)cc1. The molecule has 6 nitrogen and oxygen atoms in total. The van der Waals surface area contributed by atoms with Gasteiger partial charge in [0.1, 0.15) is 0 Å². The molecule has 1 aromatic heterocycles. The first-order chi connectivity index (χ1) is 18.6. The Morgan fingerprint density at radius 1 is 0.816 bits per heavy atom. The van der Waals surface area contributed by atoms with Crippen molar-refractivity contribution >= 4 is 39.3 Å². The molecular formula is C30H24BrN5OS. The van der Waals surface area contributed by atoms with E-state index in [1.165, 1.54) is 11.8 Å². The summed E-state index contributed by atoms with van der Waals surface area (Å²) in [7, 11) is 0. The Kier molecular flexibility index (Phi) is 8.11. The standard InChI is InChI=1S/C30H24BrN5OS/c1-21(22-12-14-24(15-13-22)23-8-4-2-5-9-23)32-33-28(37)20-38-30-35-34-29(25-10-6-3-7-11-25)36(30)27-18-16-26(31)17-19-27/h2-19H,20H2,1H3,(H,33,37). The Morgan fingerprint density at radius 3 is 2.08 bits per heavy atom. The molecular weight excluding hydrogens is 558 g/mol. The van der Waals surface area contributed by atoms with E-state index in [1.807, 2.05) is 96.4 Å². The second kappa shape index (κ2) is 12.0. The molecule has 8 heteroatoms. The molecule has 0 aliphatic heterocycles. The number of carbonyl (C=O) groups is 1. The zero-order chi connectivity index (χ0) is 26.3. The highest BCUT2D eigenvalue weighted by Crippen LogP contribution is 2.28.